The van der Waals surface area contributed by atoms with Crippen LogP contribution in [0.5, 0.6) is 0 Å². The van der Waals surface area contributed by atoms with E-state index in [2.05, 4.69) is 46.4 Å². The molecule has 1 aliphatic heterocycles. The van der Waals surface area contributed by atoms with Crippen molar-refractivity contribution in [2.45, 2.75) is 13.3 Å². The van der Waals surface area contributed by atoms with E-state index < -0.39 is 0 Å². The first kappa shape index (κ1) is 11.5. The molecule has 1 aromatic carbocycles. The Balaban J connectivity index is 2.10. The molecule has 0 amide bonds. The number of fused-ring (bicyclic) bond motifs is 1. The Bertz CT molecular complexity index is 537. The summed E-state index contributed by atoms with van der Waals surface area (Å²) in [5.41, 5.74) is 1.31. The second-order valence-electron chi connectivity index (χ2n) is 4.90. The topological polar surface area (TPSA) is 28.2 Å². The Kier molecular flexibility index (Phi) is 3.15. The summed E-state index contributed by atoms with van der Waals surface area (Å²) in [6.07, 6.45) is 3.11. The van der Waals surface area contributed by atoms with E-state index in [-0.39, 0.29) is 0 Å². The molecule has 1 aromatic heterocycles. The molecule has 3 rings (SSSR count). The van der Waals surface area contributed by atoms with Gasteiger partial charge in [-0.05, 0) is 36.9 Å². The third-order valence-electron chi connectivity index (χ3n) is 3.62. The number of nitrogens with zero attached hydrogens (tertiary/aromatic N) is 2. The maximum absolute atomic E-state index is 4.63. The molecule has 2 aromatic rings. The molecular formula is C15H19N3. The molecule has 1 aliphatic rings. The molecule has 0 spiro atoms. The van der Waals surface area contributed by atoms with Crippen LogP contribution in [0, 0.1) is 6.92 Å². The zero-order chi connectivity index (χ0) is 12.4. The molecule has 0 aliphatic carbocycles. The predicted octanol–water partition coefficient (Wildman–Crippen LogP) is 2.34. The fourth-order valence-corrected chi connectivity index (χ4v) is 2.68. The van der Waals surface area contributed by atoms with Gasteiger partial charge < -0.3 is 10.2 Å². The Morgan fingerprint density at radius 3 is 3.06 bits per heavy atom. The highest BCUT2D eigenvalue weighted by Crippen LogP contribution is 2.27. The molecule has 1 N–H and O–H groups in total. The minimum atomic E-state index is 1.04. The zero-order valence-electron chi connectivity index (χ0n) is 10.8. The van der Waals surface area contributed by atoms with Crippen LogP contribution >= 0.6 is 0 Å². The van der Waals surface area contributed by atoms with Crippen molar-refractivity contribution in [3.63, 3.8) is 0 Å². The van der Waals surface area contributed by atoms with E-state index in [4.69, 9.17) is 0 Å². The largest absolute Gasteiger partial charge is 0.355 e. The van der Waals surface area contributed by atoms with Crippen LogP contribution in [0.4, 0.5) is 5.82 Å². The van der Waals surface area contributed by atoms with Gasteiger partial charge in [-0.1, -0.05) is 18.2 Å². The number of anilines is 1. The number of pyridine rings is 1. The average molecular weight is 241 g/mol. The van der Waals surface area contributed by atoms with Crippen molar-refractivity contribution in [1.82, 2.24) is 10.3 Å². The van der Waals surface area contributed by atoms with E-state index in [1.165, 1.54) is 22.8 Å². The van der Waals surface area contributed by atoms with E-state index >= 15 is 0 Å². The number of rotatable bonds is 1. The van der Waals surface area contributed by atoms with E-state index in [1.807, 2.05) is 6.20 Å². The average Bonchev–Trinajstić information content (AvgIpc) is 2.67. The van der Waals surface area contributed by atoms with Crippen molar-refractivity contribution >= 4 is 16.6 Å². The standard InChI is InChI=1S/C15H19N3/c1-12-4-2-5-13-6-8-17-15(14(12)13)18-10-3-7-16-9-11-18/h2,4-6,8,16H,3,7,9-11H2,1H3. The number of aromatic nitrogens is 1. The van der Waals surface area contributed by atoms with Gasteiger partial charge in [0.25, 0.3) is 0 Å². The highest BCUT2D eigenvalue weighted by molar-refractivity contribution is 5.94. The SMILES string of the molecule is Cc1cccc2ccnc(N3CCCNCC3)c12. The molecule has 0 bridgehead atoms. The number of hydrogen-bond acceptors (Lipinski definition) is 3. The summed E-state index contributed by atoms with van der Waals surface area (Å²) in [5, 5.41) is 6.04. The smallest absolute Gasteiger partial charge is 0.136 e. The van der Waals surface area contributed by atoms with Crippen LogP contribution < -0.4 is 10.2 Å². The number of aryl methyl sites for hydroxylation is 1. The highest BCUT2D eigenvalue weighted by Gasteiger charge is 2.14. The molecule has 2 heterocycles. The zero-order valence-corrected chi connectivity index (χ0v) is 10.8. The molecule has 1 fully saturated rings. The van der Waals surface area contributed by atoms with Crippen LogP contribution in [0.2, 0.25) is 0 Å². The molecule has 0 atom stereocenters. The number of nitrogens with one attached hydrogen (secondary N) is 1. The van der Waals surface area contributed by atoms with Crippen molar-refractivity contribution in [3.8, 4) is 0 Å². The van der Waals surface area contributed by atoms with Crippen LogP contribution in [0.1, 0.15) is 12.0 Å². The van der Waals surface area contributed by atoms with Gasteiger partial charge in [-0.25, -0.2) is 4.98 Å². The molecule has 1 saturated heterocycles. The summed E-state index contributed by atoms with van der Waals surface area (Å²) in [5.74, 6) is 1.15. The molecule has 3 nitrogen and oxygen atoms in total. The normalized spacial score (nSPS) is 16.8. The van der Waals surface area contributed by atoms with Gasteiger partial charge in [-0.15, -0.1) is 0 Å². The summed E-state index contributed by atoms with van der Waals surface area (Å²) in [6.45, 7) is 6.46. The van der Waals surface area contributed by atoms with E-state index in [9.17, 15) is 0 Å². The molecule has 94 valence electrons. The highest BCUT2D eigenvalue weighted by atomic mass is 15.2. The third kappa shape index (κ3) is 2.06. The van der Waals surface area contributed by atoms with Crippen LogP contribution in [0.15, 0.2) is 30.5 Å². The lowest BCUT2D eigenvalue weighted by Crippen LogP contribution is -2.28. The lowest BCUT2D eigenvalue weighted by atomic mass is 10.1. The Morgan fingerprint density at radius 2 is 2.11 bits per heavy atom. The summed E-state index contributed by atoms with van der Waals surface area (Å²) in [7, 11) is 0. The van der Waals surface area contributed by atoms with Crippen LogP contribution in [0.3, 0.4) is 0 Å². The van der Waals surface area contributed by atoms with E-state index in [1.54, 1.807) is 0 Å². The second kappa shape index (κ2) is 4.94. The maximum atomic E-state index is 4.63. The minimum Gasteiger partial charge on any atom is -0.355 e. The number of benzene rings is 1. The molecule has 3 heteroatoms. The van der Waals surface area contributed by atoms with Gasteiger partial charge in [0, 0.05) is 31.2 Å². The lowest BCUT2D eigenvalue weighted by molar-refractivity contribution is 0.724. The van der Waals surface area contributed by atoms with Gasteiger partial charge in [-0.3, -0.25) is 0 Å². The van der Waals surface area contributed by atoms with Crippen molar-refractivity contribution < 1.29 is 0 Å². The van der Waals surface area contributed by atoms with Gasteiger partial charge in [-0.2, -0.15) is 0 Å². The summed E-state index contributed by atoms with van der Waals surface area (Å²) in [6, 6.07) is 8.56. The molecule has 0 radical (unpaired) electrons. The summed E-state index contributed by atoms with van der Waals surface area (Å²) in [4.78, 5) is 7.04. The monoisotopic (exact) mass is 241 g/mol. The maximum Gasteiger partial charge on any atom is 0.136 e. The Morgan fingerprint density at radius 1 is 1.17 bits per heavy atom. The molecule has 18 heavy (non-hydrogen) atoms. The summed E-state index contributed by atoms with van der Waals surface area (Å²) < 4.78 is 0. The van der Waals surface area contributed by atoms with Gasteiger partial charge in [0.2, 0.25) is 0 Å². The second-order valence-corrected chi connectivity index (χ2v) is 4.90. The van der Waals surface area contributed by atoms with Gasteiger partial charge in [0.15, 0.2) is 0 Å². The molecule has 0 unspecified atom stereocenters. The molecule has 0 saturated carbocycles. The third-order valence-corrected chi connectivity index (χ3v) is 3.62. The fourth-order valence-electron chi connectivity index (χ4n) is 2.68. The first-order valence-electron chi connectivity index (χ1n) is 6.66. The van der Waals surface area contributed by atoms with Gasteiger partial charge in [0.05, 0.1) is 0 Å². The van der Waals surface area contributed by atoms with Crippen molar-refractivity contribution in [2.24, 2.45) is 0 Å². The van der Waals surface area contributed by atoms with Crippen LogP contribution in [-0.2, 0) is 0 Å². The van der Waals surface area contributed by atoms with Crippen molar-refractivity contribution in [3.05, 3.63) is 36.0 Å². The molecular weight excluding hydrogens is 222 g/mol. The van der Waals surface area contributed by atoms with Gasteiger partial charge in [0.1, 0.15) is 5.82 Å². The predicted molar refractivity (Wildman–Crippen MR) is 76.2 cm³/mol. The Labute approximate surface area is 108 Å². The number of hydrogen-bond donors (Lipinski definition) is 1. The van der Waals surface area contributed by atoms with Crippen molar-refractivity contribution in [2.75, 3.05) is 31.1 Å². The van der Waals surface area contributed by atoms with E-state index in [0.717, 1.165) is 32.0 Å². The minimum absolute atomic E-state index is 1.04. The first-order valence-corrected chi connectivity index (χ1v) is 6.66. The summed E-state index contributed by atoms with van der Waals surface area (Å²) >= 11 is 0. The fraction of sp³-hybridized carbons (Fsp3) is 0.400. The lowest BCUT2D eigenvalue weighted by Gasteiger charge is -2.23. The van der Waals surface area contributed by atoms with Crippen molar-refractivity contribution in [1.29, 1.82) is 0 Å². The van der Waals surface area contributed by atoms with Gasteiger partial charge >= 0.3 is 0 Å². The van der Waals surface area contributed by atoms with E-state index in [0.29, 0.717) is 0 Å². The first-order chi connectivity index (χ1) is 8.86. The van der Waals surface area contributed by atoms with Crippen LogP contribution in [0.25, 0.3) is 10.8 Å². The Hall–Kier alpha value is -1.61. The van der Waals surface area contributed by atoms with Crippen LogP contribution in [-0.4, -0.2) is 31.2 Å². The quantitative estimate of drug-likeness (QED) is 0.830.